The molecule has 0 saturated carbocycles. The van der Waals surface area contributed by atoms with Crippen molar-refractivity contribution in [1.82, 2.24) is 10.6 Å². The van der Waals surface area contributed by atoms with Gasteiger partial charge in [-0.3, -0.25) is 14.4 Å². The first kappa shape index (κ1) is 17.2. The van der Waals surface area contributed by atoms with Crippen LogP contribution < -0.4 is 16.4 Å². The number of nitrogens with two attached hydrogens (primary N) is 1. The summed E-state index contributed by atoms with van der Waals surface area (Å²) in [5.74, 6) is -1.15. The molecule has 2 rings (SSSR count). The molecule has 2 aromatic carbocycles. The number of primary amides is 1. The summed E-state index contributed by atoms with van der Waals surface area (Å²) in [5, 5.41) is 5.35. The van der Waals surface area contributed by atoms with Crippen LogP contribution >= 0.6 is 0 Å². The lowest BCUT2D eigenvalue weighted by Crippen LogP contribution is -2.44. The smallest absolute Gasteiger partial charge is 0.251 e. The molecule has 6 nitrogen and oxygen atoms in total. The lowest BCUT2D eigenvalue weighted by Gasteiger charge is -2.14. The van der Waals surface area contributed by atoms with Gasteiger partial charge in [0.05, 0.1) is 0 Å². The van der Waals surface area contributed by atoms with Crippen LogP contribution in [0, 0.1) is 0 Å². The molecule has 0 bridgehead atoms. The molecule has 1 atom stereocenters. The van der Waals surface area contributed by atoms with Crippen molar-refractivity contribution in [1.29, 1.82) is 0 Å². The molecule has 4 N–H and O–H groups in total. The van der Waals surface area contributed by atoms with Crippen molar-refractivity contribution in [2.24, 2.45) is 5.73 Å². The normalized spacial score (nSPS) is 11.4. The Kier molecular flexibility index (Phi) is 5.68. The van der Waals surface area contributed by atoms with E-state index in [1.807, 2.05) is 6.07 Å². The van der Waals surface area contributed by atoms with Gasteiger partial charge in [-0.15, -0.1) is 0 Å². The Bertz CT molecular complexity index is 744. The third-order valence-corrected chi connectivity index (χ3v) is 3.46. The van der Waals surface area contributed by atoms with Crippen molar-refractivity contribution in [3.63, 3.8) is 0 Å². The highest BCUT2D eigenvalue weighted by Gasteiger charge is 2.16. The molecule has 0 aromatic heterocycles. The molecular formula is C18H19N3O3. The standard InChI is InChI=1S/C18H19N3O3/c1-12(21-18(24)14-7-3-2-4-8-14)17(23)20-11-13-6-5-9-15(10-13)16(19)22/h2-10,12H,11H2,1H3,(H2,19,22)(H,20,23)(H,21,24). The van der Waals surface area contributed by atoms with Crippen molar-refractivity contribution in [2.75, 3.05) is 0 Å². The Hall–Kier alpha value is -3.15. The molecule has 124 valence electrons. The molecule has 24 heavy (non-hydrogen) atoms. The van der Waals surface area contributed by atoms with Gasteiger partial charge in [0.25, 0.3) is 5.91 Å². The van der Waals surface area contributed by atoms with Crippen molar-refractivity contribution in [3.8, 4) is 0 Å². The lowest BCUT2D eigenvalue weighted by atomic mass is 10.1. The van der Waals surface area contributed by atoms with Crippen LogP contribution in [0.3, 0.4) is 0 Å². The number of hydrogen-bond donors (Lipinski definition) is 3. The monoisotopic (exact) mass is 325 g/mol. The van der Waals surface area contributed by atoms with E-state index in [-0.39, 0.29) is 18.4 Å². The second kappa shape index (κ2) is 7.92. The first-order valence-corrected chi connectivity index (χ1v) is 7.49. The molecule has 0 aliphatic rings. The van der Waals surface area contributed by atoms with Gasteiger partial charge in [0.1, 0.15) is 6.04 Å². The highest BCUT2D eigenvalue weighted by Crippen LogP contribution is 2.05. The fraction of sp³-hybridized carbons (Fsp3) is 0.167. The largest absolute Gasteiger partial charge is 0.366 e. The summed E-state index contributed by atoms with van der Waals surface area (Å²) in [6, 6.07) is 14.7. The number of hydrogen-bond acceptors (Lipinski definition) is 3. The van der Waals surface area contributed by atoms with Crippen LogP contribution in [0.1, 0.15) is 33.2 Å². The van der Waals surface area contributed by atoms with Crippen LogP contribution in [0.15, 0.2) is 54.6 Å². The van der Waals surface area contributed by atoms with E-state index in [0.717, 1.165) is 5.56 Å². The number of carbonyl (C=O) groups excluding carboxylic acids is 3. The molecule has 2 aromatic rings. The molecule has 0 fully saturated rings. The van der Waals surface area contributed by atoms with Gasteiger partial charge in [0, 0.05) is 17.7 Å². The average Bonchev–Trinajstić information content (AvgIpc) is 2.60. The number of nitrogens with one attached hydrogen (secondary N) is 2. The lowest BCUT2D eigenvalue weighted by molar-refractivity contribution is -0.122. The van der Waals surface area contributed by atoms with Gasteiger partial charge in [-0.25, -0.2) is 0 Å². The van der Waals surface area contributed by atoms with E-state index < -0.39 is 11.9 Å². The summed E-state index contributed by atoms with van der Waals surface area (Å²) in [6.07, 6.45) is 0. The molecule has 0 aliphatic carbocycles. The molecule has 3 amide bonds. The zero-order chi connectivity index (χ0) is 17.5. The summed E-state index contributed by atoms with van der Waals surface area (Å²) >= 11 is 0. The van der Waals surface area contributed by atoms with Gasteiger partial charge < -0.3 is 16.4 Å². The Morgan fingerprint density at radius 1 is 1.00 bits per heavy atom. The summed E-state index contributed by atoms with van der Waals surface area (Å²) in [7, 11) is 0. The molecule has 0 spiro atoms. The number of amides is 3. The van der Waals surface area contributed by atoms with E-state index in [9.17, 15) is 14.4 Å². The Morgan fingerprint density at radius 3 is 2.33 bits per heavy atom. The number of carbonyl (C=O) groups is 3. The Labute approximate surface area is 140 Å². The van der Waals surface area contributed by atoms with Gasteiger partial charge >= 0.3 is 0 Å². The maximum Gasteiger partial charge on any atom is 0.251 e. The molecule has 6 heteroatoms. The van der Waals surface area contributed by atoms with E-state index in [0.29, 0.717) is 11.1 Å². The molecule has 0 radical (unpaired) electrons. The van der Waals surface area contributed by atoms with Gasteiger partial charge in [-0.1, -0.05) is 30.3 Å². The van der Waals surface area contributed by atoms with E-state index in [4.69, 9.17) is 5.73 Å². The van der Waals surface area contributed by atoms with Gasteiger partial charge in [-0.05, 0) is 36.8 Å². The predicted molar refractivity (Wildman–Crippen MR) is 90.2 cm³/mol. The molecule has 0 saturated heterocycles. The van der Waals surface area contributed by atoms with Crippen molar-refractivity contribution >= 4 is 17.7 Å². The van der Waals surface area contributed by atoms with Gasteiger partial charge in [0.2, 0.25) is 11.8 Å². The van der Waals surface area contributed by atoms with Crippen molar-refractivity contribution < 1.29 is 14.4 Å². The summed E-state index contributed by atoms with van der Waals surface area (Å²) in [4.78, 5) is 35.2. The minimum atomic E-state index is -0.683. The zero-order valence-electron chi connectivity index (χ0n) is 13.3. The quantitative estimate of drug-likeness (QED) is 0.744. The van der Waals surface area contributed by atoms with Gasteiger partial charge in [0.15, 0.2) is 0 Å². The van der Waals surface area contributed by atoms with E-state index >= 15 is 0 Å². The first-order chi connectivity index (χ1) is 11.5. The first-order valence-electron chi connectivity index (χ1n) is 7.49. The maximum atomic E-state index is 12.1. The summed E-state index contributed by atoms with van der Waals surface area (Å²) in [6.45, 7) is 1.85. The number of benzene rings is 2. The van der Waals surface area contributed by atoms with Crippen LogP contribution in [0.2, 0.25) is 0 Å². The Balaban J connectivity index is 1.89. The third kappa shape index (κ3) is 4.67. The van der Waals surface area contributed by atoms with Crippen molar-refractivity contribution in [3.05, 3.63) is 71.3 Å². The topological polar surface area (TPSA) is 101 Å². The maximum absolute atomic E-state index is 12.1. The van der Waals surface area contributed by atoms with E-state index in [1.54, 1.807) is 55.5 Å². The molecule has 0 heterocycles. The Morgan fingerprint density at radius 2 is 1.67 bits per heavy atom. The highest BCUT2D eigenvalue weighted by molar-refractivity contribution is 5.97. The summed E-state index contributed by atoms with van der Waals surface area (Å²) in [5.41, 5.74) is 6.85. The number of rotatable bonds is 6. The second-order valence-electron chi connectivity index (χ2n) is 5.34. The minimum absolute atomic E-state index is 0.242. The van der Waals surface area contributed by atoms with Crippen LogP contribution in [0.25, 0.3) is 0 Å². The second-order valence-corrected chi connectivity index (χ2v) is 5.34. The van der Waals surface area contributed by atoms with Crippen LogP contribution in [-0.2, 0) is 11.3 Å². The van der Waals surface area contributed by atoms with E-state index in [2.05, 4.69) is 10.6 Å². The van der Waals surface area contributed by atoms with E-state index in [1.165, 1.54) is 0 Å². The molecular weight excluding hydrogens is 306 g/mol. The minimum Gasteiger partial charge on any atom is -0.366 e. The zero-order valence-corrected chi connectivity index (χ0v) is 13.3. The predicted octanol–water partition coefficient (Wildman–Crippen LogP) is 1.22. The summed E-state index contributed by atoms with van der Waals surface area (Å²) < 4.78 is 0. The molecule has 0 aliphatic heterocycles. The van der Waals surface area contributed by atoms with Crippen LogP contribution in [0.5, 0.6) is 0 Å². The fourth-order valence-corrected chi connectivity index (χ4v) is 2.11. The van der Waals surface area contributed by atoms with Crippen LogP contribution in [0.4, 0.5) is 0 Å². The van der Waals surface area contributed by atoms with Gasteiger partial charge in [-0.2, -0.15) is 0 Å². The highest BCUT2D eigenvalue weighted by atomic mass is 16.2. The molecule has 1 unspecified atom stereocenters. The van der Waals surface area contributed by atoms with Crippen molar-refractivity contribution in [2.45, 2.75) is 19.5 Å². The average molecular weight is 325 g/mol. The fourth-order valence-electron chi connectivity index (χ4n) is 2.11. The van der Waals surface area contributed by atoms with Crippen LogP contribution in [-0.4, -0.2) is 23.8 Å². The third-order valence-electron chi connectivity index (χ3n) is 3.46. The SMILES string of the molecule is CC(NC(=O)c1ccccc1)C(=O)NCc1cccc(C(N)=O)c1.